The first-order valence-corrected chi connectivity index (χ1v) is 7.95. The summed E-state index contributed by atoms with van der Waals surface area (Å²) < 4.78 is 2.25. The van der Waals surface area contributed by atoms with Crippen molar-refractivity contribution in [3.05, 3.63) is 30.1 Å². The Morgan fingerprint density at radius 1 is 0.895 bits per heavy atom. The summed E-state index contributed by atoms with van der Waals surface area (Å²) in [4.78, 5) is 0. The van der Waals surface area contributed by atoms with Gasteiger partial charge in [-0.2, -0.15) is 0 Å². The summed E-state index contributed by atoms with van der Waals surface area (Å²) in [6, 6.07) is 4.22. The molecule has 2 heteroatoms. The van der Waals surface area contributed by atoms with Crippen LogP contribution in [-0.2, 0) is 13.0 Å². The number of nitrogens with zero attached hydrogens (tertiary/aromatic N) is 1. The molecule has 0 radical (unpaired) electrons. The predicted octanol–water partition coefficient (Wildman–Crippen LogP) is 3.65. The molecule has 1 aromatic rings. The number of aromatic nitrogens is 1. The Morgan fingerprint density at radius 3 is 2.05 bits per heavy atom. The van der Waals surface area contributed by atoms with E-state index in [1.807, 2.05) is 0 Å². The highest BCUT2D eigenvalue weighted by Crippen LogP contribution is 2.08. The van der Waals surface area contributed by atoms with E-state index in [1.165, 1.54) is 56.9 Å². The van der Waals surface area contributed by atoms with Crippen LogP contribution in [0.2, 0.25) is 0 Å². The smallest absolute Gasteiger partial charge is 0.169 e. The van der Waals surface area contributed by atoms with Gasteiger partial charge in [-0.3, -0.25) is 0 Å². The van der Waals surface area contributed by atoms with Gasteiger partial charge in [0.15, 0.2) is 12.4 Å². The third-order valence-corrected chi connectivity index (χ3v) is 3.63. The lowest BCUT2D eigenvalue weighted by Crippen LogP contribution is -2.32. The fourth-order valence-corrected chi connectivity index (χ4v) is 2.36. The van der Waals surface area contributed by atoms with Crippen molar-refractivity contribution in [1.29, 1.82) is 0 Å². The van der Waals surface area contributed by atoms with Crippen LogP contribution in [0.1, 0.15) is 63.9 Å². The van der Waals surface area contributed by atoms with Gasteiger partial charge in [0.1, 0.15) is 6.54 Å². The second-order valence-electron chi connectivity index (χ2n) is 5.39. The standard InChI is InChI=1S/C17H30NO/c1-2-3-4-5-6-7-8-9-13-18-14-10-17(11-15-18)12-16-19/h10-11,14-15,19H,2-9,12-13,16H2,1H3/q+1. The van der Waals surface area contributed by atoms with Gasteiger partial charge in [0, 0.05) is 25.2 Å². The van der Waals surface area contributed by atoms with Crippen molar-refractivity contribution in [1.82, 2.24) is 0 Å². The van der Waals surface area contributed by atoms with E-state index >= 15 is 0 Å². The first-order valence-electron chi connectivity index (χ1n) is 7.95. The Balaban J connectivity index is 2.02. The molecule has 19 heavy (non-hydrogen) atoms. The summed E-state index contributed by atoms with van der Waals surface area (Å²) in [5.41, 5.74) is 1.22. The summed E-state index contributed by atoms with van der Waals surface area (Å²) >= 11 is 0. The molecule has 0 bridgehead atoms. The largest absolute Gasteiger partial charge is 0.396 e. The molecule has 1 heterocycles. The average molecular weight is 264 g/mol. The molecule has 0 amide bonds. The molecule has 0 atom stereocenters. The molecule has 0 aliphatic heterocycles. The normalized spacial score (nSPS) is 10.8. The lowest BCUT2D eigenvalue weighted by atomic mass is 10.1. The molecule has 108 valence electrons. The zero-order chi connectivity index (χ0) is 13.8. The molecule has 0 spiro atoms. The van der Waals surface area contributed by atoms with E-state index < -0.39 is 0 Å². The highest BCUT2D eigenvalue weighted by molar-refractivity contribution is 5.06. The zero-order valence-corrected chi connectivity index (χ0v) is 12.5. The average Bonchev–Trinajstić information content (AvgIpc) is 2.44. The van der Waals surface area contributed by atoms with Gasteiger partial charge in [0.25, 0.3) is 0 Å². The van der Waals surface area contributed by atoms with E-state index in [0.29, 0.717) is 0 Å². The van der Waals surface area contributed by atoms with Crippen LogP contribution >= 0.6 is 0 Å². The summed E-state index contributed by atoms with van der Waals surface area (Å²) in [6.45, 7) is 3.62. The quantitative estimate of drug-likeness (QED) is 0.479. The number of pyridine rings is 1. The molecule has 0 fully saturated rings. The van der Waals surface area contributed by atoms with Gasteiger partial charge < -0.3 is 5.11 Å². The first-order chi connectivity index (χ1) is 9.36. The van der Waals surface area contributed by atoms with E-state index in [4.69, 9.17) is 5.11 Å². The van der Waals surface area contributed by atoms with E-state index in [1.54, 1.807) is 0 Å². The Kier molecular flexibility index (Phi) is 9.34. The molecule has 1 N–H and O–H groups in total. The molecule has 0 aliphatic rings. The molecule has 0 aliphatic carbocycles. The van der Waals surface area contributed by atoms with Crippen molar-refractivity contribution in [2.24, 2.45) is 0 Å². The summed E-state index contributed by atoms with van der Waals surface area (Å²) in [5, 5.41) is 8.86. The minimum atomic E-state index is 0.238. The SMILES string of the molecule is CCCCCCCCCC[n+]1ccc(CCO)cc1. The molecule has 0 aromatic carbocycles. The van der Waals surface area contributed by atoms with Crippen LogP contribution in [0.25, 0.3) is 0 Å². The Morgan fingerprint density at radius 2 is 1.47 bits per heavy atom. The van der Waals surface area contributed by atoms with Crippen molar-refractivity contribution >= 4 is 0 Å². The lowest BCUT2D eigenvalue weighted by Gasteiger charge is -2.01. The van der Waals surface area contributed by atoms with Crippen molar-refractivity contribution in [2.75, 3.05) is 6.61 Å². The molecule has 0 saturated heterocycles. The number of rotatable bonds is 11. The van der Waals surface area contributed by atoms with Crippen LogP contribution in [0, 0.1) is 0 Å². The number of unbranched alkanes of at least 4 members (excludes halogenated alkanes) is 7. The molecule has 2 nitrogen and oxygen atoms in total. The molecule has 1 aromatic heterocycles. The van der Waals surface area contributed by atoms with Gasteiger partial charge >= 0.3 is 0 Å². The van der Waals surface area contributed by atoms with Gasteiger partial charge in [0.2, 0.25) is 0 Å². The maximum absolute atomic E-state index is 8.86. The van der Waals surface area contributed by atoms with Crippen LogP contribution in [0.4, 0.5) is 0 Å². The number of aliphatic hydroxyl groups is 1. The Hall–Kier alpha value is -0.890. The highest BCUT2D eigenvalue weighted by Gasteiger charge is 2.00. The number of hydrogen-bond donors (Lipinski definition) is 1. The van der Waals surface area contributed by atoms with Gasteiger partial charge in [-0.05, 0) is 18.4 Å². The molecule has 1 rings (SSSR count). The van der Waals surface area contributed by atoms with E-state index in [9.17, 15) is 0 Å². The third-order valence-electron chi connectivity index (χ3n) is 3.63. The summed E-state index contributed by atoms with van der Waals surface area (Å²) in [6.07, 6.45) is 16.0. The van der Waals surface area contributed by atoms with Crippen molar-refractivity contribution in [3.63, 3.8) is 0 Å². The molecular formula is C17H30NO+. The maximum atomic E-state index is 8.86. The maximum Gasteiger partial charge on any atom is 0.169 e. The van der Waals surface area contributed by atoms with E-state index in [0.717, 1.165) is 13.0 Å². The topological polar surface area (TPSA) is 24.1 Å². The second kappa shape index (κ2) is 11.0. The molecular weight excluding hydrogens is 234 g/mol. The van der Waals surface area contributed by atoms with Gasteiger partial charge in [-0.15, -0.1) is 0 Å². The van der Waals surface area contributed by atoms with E-state index in [-0.39, 0.29) is 6.61 Å². The molecule has 0 unspecified atom stereocenters. The predicted molar refractivity (Wildman–Crippen MR) is 80.0 cm³/mol. The van der Waals surface area contributed by atoms with Crippen molar-refractivity contribution in [2.45, 2.75) is 71.3 Å². The monoisotopic (exact) mass is 264 g/mol. The molecule has 0 saturated carbocycles. The van der Waals surface area contributed by atoms with Crippen LogP contribution in [0.15, 0.2) is 24.5 Å². The minimum Gasteiger partial charge on any atom is -0.396 e. The highest BCUT2D eigenvalue weighted by atomic mass is 16.2. The number of aliphatic hydroxyl groups excluding tert-OH is 1. The van der Waals surface area contributed by atoms with Crippen molar-refractivity contribution < 1.29 is 9.67 Å². The van der Waals surface area contributed by atoms with Crippen molar-refractivity contribution in [3.8, 4) is 0 Å². The summed E-state index contributed by atoms with van der Waals surface area (Å²) in [5.74, 6) is 0. The number of hydrogen-bond acceptors (Lipinski definition) is 1. The summed E-state index contributed by atoms with van der Waals surface area (Å²) in [7, 11) is 0. The van der Waals surface area contributed by atoms with Crippen LogP contribution in [0.3, 0.4) is 0 Å². The third kappa shape index (κ3) is 7.99. The van der Waals surface area contributed by atoms with Gasteiger partial charge in [-0.25, -0.2) is 4.57 Å². The van der Waals surface area contributed by atoms with Gasteiger partial charge in [0.05, 0.1) is 0 Å². The fourth-order valence-electron chi connectivity index (χ4n) is 2.36. The second-order valence-corrected chi connectivity index (χ2v) is 5.39. The van der Waals surface area contributed by atoms with Crippen LogP contribution in [0.5, 0.6) is 0 Å². The fraction of sp³-hybridized carbons (Fsp3) is 0.706. The minimum absolute atomic E-state index is 0.238. The Bertz CT molecular complexity index is 308. The van der Waals surface area contributed by atoms with E-state index in [2.05, 4.69) is 36.0 Å². The van der Waals surface area contributed by atoms with Crippen LogP contribution in [-0.4, -0.2) is 11.7 Å². The Labute approximate surface area is 118 Å². The number of aryl methyl sites for hydroxylation is 1. The lowest BCUT2D eigenvalue weighted by molar-refractivity contribution is -0.697. The van der Waals surface area contributed by atoms with Gasteiger partial charge in [-0.1, -0.05) is 45.4 Å². The first kappa shape index (κ1) is 16.2. The zero-order valence-electron chi connectivity index (χ0n) is 12.5. The van der Waals surface area contributed by atoms with Crippen LogP contribution < -0.4 is 4.57 Å².